The minimum Gasteiger partial charge on any atom is -0.311 e. The fourth-order valence-electron chi connectivity index (χ4n) is 9.61. The average Bonchev–Trinajstić information content (AvgIpc) is 3.37. The molecule has 2 aliphatic rings. The first-order valence-electron chi connectivity index (χ1n) is 21.5. The van der Waals surface area contributed by atoms with Crippen LogP contribution in [0.4, 0.5) is 34.1 Å². The normalized spacial score (nSPS) is 12.3. The lowest BCUT2D eigenvalue weighted by molar-refractivity contribution is 1.17. The van der Waals surface area contributed by atoms with Crippen molar-refractivity contribution >= 4 is 57.2 Å². The molecule has 0 fully saturated rings. The van der Waals surface area contributed by atoms with Crippen LogP contribution in [0.3, 0.4) is 0 Å². The molecule has 1 aromatic heterocycles. The number of benzene rings is 9. The molecule has 0 spiro atoms. The molecule has 3 heterocycles. The molecule has 5 heteroatoms. The summed E-state index contributed by atoms with van der Waals surface area (Å²) in [5, 5.41) is 0. The van der Waals surface area contributed by atoms with Crippen LogP contribution in [0, 0.1) is 0 Å². The number of hydrogen-bond donors (Lipinski definition) is 0. The molecule has 10 aromatic rings. The summed E-state index contributed by atoms with van der Waals surface area (Å²) >= 11 is 0. The molecule has 4 nitrogen and oxygen atoms in total. The Balaban J connectivity index is 1.21. The van der Waals surface area contributed by atoms with Crippen molar-refractivity contribution in [2.75, 3.05) is 9.80 Å². The van der Waals surface area contributed by atoms with Gasteiger partial charge in [-0.05, 0) is 93.2 Å². The first-order chi connectivity index (χ1) is 31.3. The Labute approximate surface area is 368 Å². The maximum absolute atomic E-state index is 5.47. The molecule has 2 aliphatic heterocycles. The molecule has 294 valence electrons. The fraction of sp³-hybridized carbons (Fsp3) is 0. The molecule has 0 saturated carbocycles. The van der Waals surface area contributed by atoms with Crippen LogP contribution in [0.2, 0.25) is 0 Å². The van der Waals surface area contributed by atoms with Gasteiger partial charge in [-0.15, -0.1) is 0 Å². The molecule has 0 atom stereocenters. The zero-order valence-electron chi connectivity index (χ0n) is 34.4. The third kappa shape index (κ3) is 6.33. The predicted molar refractivity (Wildman–Crippen MR) is 263 cm³/mol. The van der Waals surface area contributed by atoms with E-state index in [0.29, 0.717) is 5.82 Å². The SMILES string of the molecule is c1ccc(-c2ccc3c(c2)B2c4cc(-c5ccccc5)ccc4N(c4ccccc4)c4c(-c5nc(-c6ccccc6)cc(-c6ccccc6)n5)ccc(c42)N3c2ccccc2)cc1. The van der Waals surface area contributed by atoms with Gasteiger partial charge in [-0.1, -0.05) is 182 Å². The monoisotopic (exact) mass is 802 g/mol. The molecule has 12 rings (SSSR count). The number of hydrogen-bond acceptors (Lipinski definition) is 4. The number of nitrogens with zero attached hydrogens (tertiary/aromatic N) is 4. The standard InChI is InChI=1S/C58H39BN4/c1-7-19-40(20-8-1)44-31-34-53-49(37-44)59-50-38-45(41-21-9-2-10-22-41)32-35-54(50)63(47-29-17-6-18-30-47)57-48(33-36-55(56(57)59)62(53)46-27-15-5-16-28-46)58-60-51(42-23-11-3-12-24-42)39-52(61-58)43-25-13-4-14-26-43/h1-39H. The summed E-state index contributed by atoms with van der Waals surface area (Å²) in [6.45, 7) is -0.127. The van der Waals surface area contributed by atoms with Crippen LogP contribution in [0.1, 0.15) is 0 Å². The Morgan fingerprint density at radius 3 is 1.19 bits per heavy atom. The summed E-state index contributed by atoms with van der Waals surface area (Å²) < 4.78 is 0. The lowest BCUT2D eigenvalue weighted by atomic mass is 9.33. The van der Waals surface area contributed by atoms with Crippen molar-refractivity contribution in [3.8, 4) is 56.2 Å². The molecule has 9 aromatic carbocycles. The van der Waals surface area contributed by atoms with E-state index in [1.54, 1.807) is 0 Å². The Hall–Kier alpha value is -8.28. The maximum Gasteiger partial charge on any atom is 0.252 e. The van der Waals surface area contributed by atoms with Crippen molar-refractivity contribution in [1.29, 1.82) is 0 Å². The molecular formula is C58H39BN4. The fourth-order valence-corrected chi connectivity index (χ4v) is 9.61. The van der Waals surface area contributed by atoms with Gasteiger partial charge in [-0.2, -0.15) is 0 Å². The van der Waals surface area contributed by atoms with Crippen molar-refractivity contribution in [3.05, 3.63) is 237 Å². The lowest BCUT2D eigenvalue weighted by Gasteiger charge is -2.45. The van der Waals surface area contributed by atoms with Gasteiger partial charge in [-0.25, -0.2) is 9.97 Å². The van der Waals surface area contributed by atoms with Gasteiger partial charge in [0.15, 0.2) is 5.82 Å². The minimum absolute atomic E-state index is 0.127. The van der Waals surface area contributed by atoms with Gasteiger partial charge >= 0.3 is 0 Å². The van der Waals surface area contributed by atoms with Crippen molar-refractivity contribution in [2.24, 2.45) is 0 Å². The molecule has 0 radical (unpaired) electrons. The smallest absolute Gasteiger partial charge is 0.252 e. The number of para-hydroxylation sites is 2. The van der Waals surface area contributed by atoms with Crippen LogP contribution in [-0.4, -0.2) is 16.7 Å². The highest BCUT2D eigenvalue weighted by Gasteiger charge is 2.45. The van der Waals surface area contributed by atoms with Gasteiger partial charge in [0.2, 0.25) is 0 Å². The van der Waals surface area contributed by atoms with Crippen molar-refractivity contribution in [1.82, 2.24) is 9.97 Å². The second-order valence-corrected chi connectivity index (χ2v) is 16.1. The van der Waals surface area contributed by atoms with Crippen LogP contribution >= 0.6 is 0 Å². The number of anilines is 6. The number of fused-ring (bicyclic) bond motifs is 4. The van der Waals surface area contributed by atoms with Crippen molar-refractivity contribution in [3.63, 3.8) is 0 Å². The van der Waals surface area contributed by atoms with Gasteiger partial charge < -0.3 is 9.80 Å². The van der Waals surface area contributed by atoms with E-state index in [1.165, 1.54) is 38.6 Å². The summed E-state index contributed by atoms with van der Waals surface area (Å²) in [4.78, 5) is 15.9. The van der Waals surface area contributed by atoms with Crippen molar-refractivity contribution in [2.45, 2.75) is 0 Å². The van der Waals surface area contributed by atoms with E-state index >= 15 is 0 Å². The molecule has 0 unspecified atom stereocenters. The second-order valence-electron chi connectivity index (χ2n) is 16.1. The largest absolute Gasteiger partial charge is 0.311 e. The van der Waals surface area contributed by atoms with Crippen LogP contribution in [0.5, 0.6) is 0 Å². The summed E-state index contributed by atoms with van der Waals surface area (Å²) in [7, 11) is 0. The lowest BCUT2D eigenvalue weighted by Crippen LogP contribution is -2.61. The molecule has 63 heavy (non-hydrogen) atoms. The zero-order valence-corrected chi connectivity index (χ0v) is 34.4. The van der Waals surface area contributed by atoms with E-state index in [9.17, 15) is 0 Å². The summed E-state index contributed by atoms with van der Waals surface area (Å²) in [6, 6.07) is 84.7. The molecule has 0 N–H and O–H groups in total. The summed E-state index contributed by atoms with van der Waals surface area (Å²) in [5.41, 5.74) is 19.9. The highest BCUT2D eigenvalue weighted by Crippen LogP contribution is 2.48. The van der Waals surface area contributed by atoms with E-state index in [-0.39, 0.29) is 6.71 Å². The second kappa shape index (κ2) is 15.3. The third-order valence-corrected chi connectivity index (χ3v) is 12.5. The topological polar surface area (TPSA) is 32.3 Å². The maximum atomic E-state index is 5.47. The highest BCUT2D eigenvalue weighted by atomic mass is 15.2. The quantitative estimate of drug-likeness (QED) is 0.150. The van der Waals surface area contributed by atoms with E-state index in [1.807, 2.05) is 0 Å². The van der Waals surface area contributed by atoms with Crippen molar-refractivity contribution < 1.29 is 0 Å². The third-order valence-electron chi connectivity index (χ3n) is 12.5. The van der Waals surface area contributed by atoms with Gasteiger partial charge in [0, 0.05) is 45.1 Å². The van der Waals surface area contributed by atoms with Gasteiger partial charge in [0.25, 0.3) is 6.71 Å². The Morgan fingerprint density at radius 1 is 0.317 bits per heavy atom. The van der Waals surface area contributed by atoms with Gasteiger partial charge in [0.1, 0.15) is 0 Å². The van der Waals surface area contributed by atoms with Crippen LogP contribution in [-0.2, 0) is 0 Å². The highest BCUT2D eigenvalue weighted by molar-refractivity contribution is 7.00. The van der Waals surface area contributed by atoms with Gasteiger partial charge in [0.05, 0.1) is 17.1 Å². The Kier molecular flexibility index (Phi) is 8.89. The minimum atomic E-state index is -0.127. The summed E-state index contributed by atoms with van der Waals surface area (Å²) in [5.74, 6) is 0.673. The number of aromatic nitrogens is 2. The van der Waals surface area contributed by atoms with Gasteiger partial charge in [-0.3, -0.25) is 0 Å². The van der Waals surface area contributed by atoms with Crippen LogP contribution < -0.4 is 26.2 Å². The molecule has 0 bridgehead atoms. The van der Waals surface area contributed by atoms with Crippen LogP contribution in [0.15, 0.2) is 237 Å². The zero-order chi connectivity index (χ0) is 41.7. The average molecular weight is 803 g/mol. The van der Waals surface area contributed by atoms with E-state index < -0.39 is 0 Å². The Morgan fingerprint density at radius 2 is 0.714 bits per heavy atom. The van der Waals surface area contributed by atoms with E-state index in [2.05, 4.69) is 246 Å². The first-order valence-corrected chi connectivity index (χ1v) is 21.5. The predicted octanol–water partition coefficient (Wildman–Crippen LogP) is 12.9. The number of rotatable bonds is 7. The molecule has 0 aliphatic carbocycles. The molecule has 0 amide bonds. The molecular weight excluding hydrogens is 763 g/mol. The van der Waals surface area contributed by atoms with E-state index in [4.69, 9.17) is 9.97 Å². The Bertz CT molecular complexity index is 3160. The summed E-state index contributed by atoms with van der Waals surface area (Å²) in [6.07, 6.45) is 0. The van der Waals surface area contributed by atoms with E-state index in [0.717, 1.165) is 62.2 Å². The van der Waals surface area contributed by atoms with Crippen LogP contribution in [0.25, 0.3) is 56.2 Å². The molecule has 0 saturated heterocycles. The first kappa shape index (κ1) is 36.6.